The van der Waals surface area contributed by atoms with E-state index in [1.807, 2.05) is 0 Å². The molecule has 2 rings (SSSR count). The van der Waals surface area contributed by atoms with Crippen molar-refractivity contribution in [2.24, 2.45) is 5.10 Å². The highest BCUT2D eigenvalue weighted by molar-refractivity contribution is 6.42. The lowest BCUT2D eigenvalue weighted by Crippen LogP contribution is -2.17. The molecule has 0 saturated heterocycles. The molecule has 20 heavy (non-hydrogen) atoms. The van der Waals surface area contributed by atoms with Gasteiger partial charge in [0.1, 0.15) is 5.82 Å². The van der Waals surface area contributed by atoms with Crippen molar-refractivity contribution >= 4 is 35.3 Å². The van der Waals surface area contributed by atoms with E-state index in [1.54, 1.807) is 12.1 Å². The highest BCUT2D eigenvalue weighted by Gasteiger charge is 2.06. The number of amides is 1. The fourth-order valence-electron chi connectivity index (χ4n) is 1.42. The number of halogens is 3. The van der Waals surface area contributed by atoms with Crippen LogP contribution in [0.1, 0.15) is 15.9 Å². The van der Waals surface area contributed by atoms with E-state index in [4.69, 9.17) is 23.2 Å². The van der Waals surface area contributed by atoms with Crippen LogP contribution >= 0.6 is 23.2 Å². The van der Waals surface area contributed by atoms with Crippen molar-refractivity contribution < 1.29 is 9.18 Å². The molecule has 102 valence electrons. The molecule has 2 aromatic carbocycles. The summed E-state index contributed by atoms with van der Waals surface area (Å²) in [4.78, 5) is 11.8. The van der Waals surface area contributed by atoms with Crippen LogP contribution in [-0.2, 0) is 0 Å². The third kappa shape index (κ3) is 3.79. The molecule has 6 heteroatoms. The Bertz CT molecular complexity index is 657. The smallest absolute Gasteiger partial charge is 0.267 e. The first-order valence-corrected chi connectivity index (χ1v) is 6.36. The zero-order valence-corrected chi connectivity index (χ0v) is 11.6. The van der Waals surface area contributed by atoms with Crippen molar-refractivity contribution in [1.29, 1.82) is 0 Å². The van der Waals surface area contributed by atoms with Gasteiger partial charge in [0.25, 0.3) is 5.91 Å². The molecule has 0 fully saturated rings. The Morgan fingerprint density at radius 1 is 1.10 bits per heavy atom. The summed E-state index contributed by atoms with van der Waals surface area (Å²) in [7, 11) is 0. The van der Waals surface area contributed by atoms with Crippen molar-refractivity contribution in [3.05, 3.63) is 69.5 Å². The van der Waals surface area contributed by atoms with Crippen LogP contribution in [0.3, 0.4) is 0 Å². The number of hydrazone groups is 1. The maximum Gasteiger partial charge on any atom is 0.271 e. The van der Waals surface area contributed by atoms with E-state index in [9.17, 15) is 9.18 Å². The number of hydrogen-bond donors (Lipinski definition) is 1. The molecule has 0 atom stereocenters. The molecule has 3 nitrogen and oxygen atoms in total. The molecule has 0 spiro atoms. The van der Waals surface area contributed by atoms with Gasteiger partial charge in [-0.05, 0) is 35.9 Å². The van der Waals surface area contributed by atoms with Gasteiger partial charge in [-0.15, -0.1) is 0 Å². The quantitative estimate of drug-likeness (QED) is 0.678. The van der Waals surface area contributed by atoms with Crippen LogP contribution in [0.25, 0.3) is 0 Å². The Kier molecular flexibility index (Phi) is 4.71. The van der Waals surface area contributed by atoms with Crippen molar-refractivity contribution in [3.63, 3.8) is 0 Å². The van der Waals surface area contributed by atoms with E-state index in [1.165, 1.54) is 36.5 Å². The largest absolute Gasteiger partial charge is 0.271 e. The molecular weight excluding hydrogens is 302 g/mol. The fraction of sp³-hybridized carbons (Fsp3) is 0. The molecule has 0 saturated carbocycles. The number of rotatable bonds is 3. The molecule has 0 aliphatic carbocycles. The lowest BCUT2D eigenvalue weighted by atomic mass is 10.2. The van der Waals surface area contributed by atoms with Crippen molar-refractivity contribution in [1.82, 2.24) is 5.43 Å². The van der Waals surface area contributed by atoms with Gasteiger partial charge in [-0.25, -0.2) is 9.82 Å². The van der Waals surface area contributed by atoms with Gasteiger partial charge in [0.05, 0.1) is 16.3 Å². The van der Waals surface area contributed by atoms with Crippen LogP contribution in [0.15, 0.2) is 47.6 Å². The molecule has 0 bridgehead atoms. The minimum absolute atomic E-state index is 0.293. The summed E-state index contributed by atoms with van der Waals surface area (Å²) >= 11 is 11.6. The Morgan fingerprint density at radius 2 is 1.80 bits per heavy atom. The van der Waals surface area contributed by atoms with Crippen LogP contribution in [0.4, 0.5) is 4.39 Å². The van der Waals surface area contributed by atoms with Crippen molar-refractivity contribution in [2.75, 3.05) is 0 Å². The van der Waals surface area contributed by atoms with Gasteiger partial charge in [0.2, 0.25) is 0 Å². The highest BCUT2D eigenvalue weighted by Crippen LogP contribution is 2.22. The van der Waals surface area contributed by atoms with Crippen LogP contribution in [0.2, 0.25) is 10.0 Å². The van der Waals surface area contributed by atoms with E-state index >= 15 is 0 Å². The fourth-order valence-corrected chi connectivity index (χ4v) is 1.71. The van der Waals surface area contributed by atoms with E-state index in [0.29, 0.717) is 21.2 Å². The van der Waals surface area contributed by atoms with Crippen LogP contribution < -0.4 is 5.43 Å². The summed E-state index contributed by atoms with van der Waals surface area (Å²) in [6, 6.07) is 10.2. The standard InChI is InChI=1S/C14H9Cl2FN2O/c15-12-6-3-10(7-13(12)16)14(20)19-18-8-9-1-4-11(17)5-2-9/h1-8H,(H,19,20)/b18-8-. The summed E-state index contributed by atoms with van der Waals surface area (Å²) in [5.74, 6) is -0.746. The van der Waals surface area contributed by atoms with E-state index in [0.717, 1.165) is 0 Å². The minimum Gasteiger partial charge on any atom is -0.267 e. The van der Waals surface area contributed by atoms with Gasteiger partial charge in [-0.2, -0.15) is 5.10 Å². The first-order chi connectivity index (χ1) is 9.56. The Morgan fingerprint density at radius 3 is 2.45 bits per heavy atom. The average molecular weight is 311 g/mol. The Balaban J connectivity index is 2.01. The number of nitrogens with one attached hydrogen (secondary N) is 1. The second-order valence-corrected chi connectivity index (χ2v) is 4.69. The average Bonchev–Trinajstić information content (AvgIpc) is 2.44. The van der Waals surface area contributed by atoms with E-state index in [-0.39, 0.29) is 5.82 Å². The van der Waals surface area contributed by atoms with Crippen LogP contribution in [0, 0.1) is 5.82 Å². The lowest BCUT2D eigenvalue weighted by Gasteiger charge is -2.01. The monoisotopic (exact) mass is 310 g/mol. The van der Waals surface area contributed by atoms with E-state index in [2.05, 4.69) is 10.5 Å². The van der Waals surface area contributed by atoms with Crippen LogP contribution in [0.5, 0.6) is 0 Å². The van der Waals surface area contributed by atoms with Gasteiger partial charge in [-0.1, -0.05) is 35.3 Å². The SMILES string of the molecule is O=C(N/N=C\c1ccc(F)cc1)c1ccc(Cl)c(Cl)c1. The summed E-state index contributed by atoms with van der Waals surface area (Å²) in [5.41, 5.74) is 3.35. The van der Waals surface area contributed by atoms with Gasteiger partial charge in [0.15, 0.2) is 0 Å². The van der Waals surface area contributed by atoms with Gasteiger partial charge < -0.3 is 0 Å². The predicted octanol–water partition coefficient (Wildman–Crippen LogP) is 3.90. The lowest BCUT2D eigenvalue weighted by molar-refractivity contribution is 0.0955. The third-order valence-corrected chi connectivity index (χ3v) is 3.17. The maximum absolute atomic E-state index is 12.7. The molecule has 0 unspecified atom stereocenters. The minimum atomic E-state index is -0.415. The van der Waals surface area contributed by atoms with E-state index < -0.39 is 5.91 Å². The number of carbonyl (C=O) groups excluding carboxylic acids is 1. The molecule has 2 aromatic rings. The number of hydrogen-bond acceptors (Lipinski definition) is 2. The summed E-state index contributed by atoms with van der Waals surface area (Å²) in [5, 5.41) is 4.44. The molecular formula is C14H9Cl2FN2O. The summed E-state index contributed by atoms with van der Waals surface area (Å²) < 4.78 is 12.7. The van der Waals surface area contributed by atoms with Crippen molar-refractivity contribution in [2.45, 2.75) is 0 Å². The Hall–Kier alpha value is -1.91. The number of nitrogens with zero attached hydrogens (tertiary/aromatic N) is 1. The molecule has 1 N–H and O–H groups in total. The number of carbonyl (C=O) groups is 1. The van der Waals surface area contributed by atoms with Crippen LogP contribution in [-0.4, -0.2) is 12.1 Å². The maximum atomic E-state index is 12.7. The zero-order valence-electron chi connectivity index (χ0n) is 10.1. The van der Waals surface area contributed by atoms with Gasteiger partial charge in [0, 0.05) is 5.56 Å². The normalized spacial score (nSPS) is 10.8. The van der Waals surface area contributed by atoms with Gasteiger partial charge >= 0.3 is 0 Å². The third-order valence-electron chi connectivity index (χ3n) is 2.43. The predicted molar refractivity (Wildman–Crippen MR) is 77.9 cm³/mol. The molecule has 0 radical (unpaired) electrons. The first-order valence-electron chi connectivity index (χ1n) is 5.60. The van der Waals surface area contributed by atoms with Crippen molar-refractivity contribution in [3.8, 4) is 0 Å². The Labute approximate surface area is 125 Å². The van der Waals surface area contributed by atoms with Gasteiger partial charge in [-0.3, -0.25) is 4.79 Å². The summed E-state index contributed by atoms with van der Waals surface area (Å²) in [6.07, 6.45) is 1.41. The molecule has 1 amide bonds. The zero-order chi connectivity index (χ0) is 14.5. The summed E-state index contributed by atoms with van der Waals surface area (Å²) in [6.45, 7) is 0. The molecule has 0 aromatic heterocycles. The second kappa shape index (κ2) is 6.50. The topological polar surface area (TPSA) is 41.5 Å². The highest BCUT2D eigenvalue weighted by atomic mass is 35.5. The molecule has 0 heterocycles. The number of benzene rings is 2. The molecule has 0 aliphatic heterocycles. The second-order valence-electron chi connectivity index (χ2n) is 3.88. The first kappa shape index (κ1) is 14.5. The molecule has 0 aliphatic rings.